The Balaban J connectivity index is 2.53. The van der Waals surface area contributed by atoms with Crippen LogP contribution in [0.25, 0.3) is 0 Å². The second kappa shape index (κ2) is 7.76. The molecule has 0 aliphatic heterocycles. The van der Waals surface area contributed by atoms with Gasteiger partial charge in [-0.15, -0.1) is 0 Å². The molecule has 0 heterocycles. The molecule has 0 bridgehead atoms. The Labute approximate surface area is 118 Å². The second-order valence-electron chi connectivity index (χ2n) is 6.24. The van der Waals surface area contributed by atoms with E-state index in [1.165, 1.54) is 18.6 Å². The van der Waals surface area contributed by atoms with E-state index in [0.717, 1.165) is 13.0 Å². The lowest BCUT2D eigenvalue weighted by atomic mass is 9.73. The van der Waals surface area contributed by atoms with Crippen LogP contribution in [0.15, 0.2) is 0 Å². The van der Waals surface area contributed by atoms with Crippen LogP contribution in [-0.2, 0) is 0 Å². The molecule has 108 valence electrons. The first-order valence-electron chi connectivity index (χ1n) is 7.36. The summed E-state index contributed by atoms with van der Waals surface area (Å²) >= 11 is 1.92. The largest absolute Gasteiger partial charge is 0.393 e. The van der Waals surface area contributed by atoms with Crippen molar-refractivity contribution >= 4 is 11.8 Å². The van der Waals surface area contributed by atoms with Crippen molar-refractivity contribution in [2.75, 3.05) is 25.6 Å². The van der Waals surface area contributed by atoms with Crippen LogP contribution in [0, 0.1) is 17.8 Å². The highest BCUT2D eigenvalue weighted by molar-refractivity contribution is 7.98. The van der Waals surface area contributed by atoms with E-state index in [0.29, 0.717) is 23.8 Å². The summed E-state index contributed by atoms with van der Waals surface area (Å²) in [4.78, 5) is 2.47. The summed E-state index contributed by atoms with van der Waals surface area (Å²) in [6, 6.07) is 0.652. The van der Waals surface area contributed by atoms with Crippen LogP contribution >= 0.6 is 11.8 Å². The monoisotopic (exact) mass is 273 g/mol. The molecule has 5 atom stereocenters. The molecule has 0 spiro atoms. The fraction of sp³-hybridized carbons (Fsp3) is 1.00. The maximum absolute atomic E-state index is 10.3. The number of aliphatic hydroxyl groups excluding tert-OH is 1. The van der Waals surface area contributed by atoms with Crippen LogP contribution in [0.2, 0.25) is 0 Å². The fourth-order valence-electron chi connectivity index (χ4n) is 3.40. The van der Waals surface area contributed by atoms with E-state index in [1.807, 2.05) is 11.8 Å². The zero-order valence-corrected chi connectivity index (χ0v) is 13.5. The number of thioether (sulfide) groups is 1. The number of aliphatic hydroxyl groups is 1. The molecule has 0 radical (unpaired) electrons. The molecule has 18 heavy (non-hydrogen) atoms. The number of hydrogen-bond donors (Lipinski definition) is 1. The minimum atomic E-state index is -0.0991. The zero-order chi connectivity index (χ0) is 13.7. The number of nitrogens with zero attached hydrogens (tertiary/aromatic N) is 1. The van der Waals surface area contributed by atoms with Gasteiger partial charge in [-0.05, 0) is 44.4 Å². The van der Waals surface area contributed by atoms with Crippen LogP contribution in [-0.4, -0.2) is 47.8 Å². The smallest absolute Gasteiger partial charge is 0.0585 e. The van der Waals surface area contributed by atoms with Gasteiger partial charge in [0.2, 0.25) is 0 Å². The molecule has 0 aromatic carbocycles. The Hall–Kier alpha value is 0.270. The van der Waals surface area contributed by atoms with Crippen molar-refractivity contribution in [2.24, 2.45) is 17.8 Å². The molecule has 0 aromatic heterocycles. The zero-order valence-electron chi connectivity index (χ0n) is 12.7. The topological polar surface area (TPSA) is 23.5 Å². The highest BCUT2D eigenvalue weighted by Gasteiger charge is 2.34. The standard InChI is InChI=1S/C15H31NOS/c1-6-13(10-18-5)16(4)9-14-12(3)7-11(2)8-15(14)17/h11-15,17H,6-10H2,1-5H3. The molecule has 2 nitrogen and oxygen atoms in total. The summed E-state index contributed by atoms with van der Waals surface area (Å²) < 4.78 is 0. The van der Waals surface area contributed by atoms with E-state index in [-0.39, 0.29) is 6.10 Å². The van der Waals surface area contributed by atoms with Crippen molar-refractivity contribution < 1.29 is 5.11 Å². The normalized spacial score (nSPS) is 34.8. The fourth-order valence-corrected chi connectivity index (χ4v) is 4.28. The first kappa shape index (κ1) is 16.3. The molecule has 1 aliphatic rings. The van der Waals surface area contributed by atoms with Crippen molar-refractivity contribution in [2.45, 2.75) is 52.2 Å². The first-order chi connectivity index (χ1) is 8.49. The van der Waals surface area contributed by atoms with Crippen molar-refractivity contribution in [1.82, 2.24) is 4.90 Å². The molecule has 1 rings (SSSR count). The third-order valence-corrected chi connectivity index (χ3v) is 5.31. The van der Waals surface area contributed by atoms with E-state index in [1.54, 1.807) is 0 Å². The van der Waals surface area contributed by atoms with Gasteiger partial charge in [-0.1, -0.05) is 20.8 Å². The van der Waals surface area contributed by atoms with Crippen LogP contribution in [0.5, 0.6) is 0 Å². The minimum Gasteiger partial charge on any atom is -0.393 e. The average molecular weight is 273 g/mol. The first-order valence-corrected chi connectivity index (χ1v) is 8.76. The molecule has 0 saturated heterocycles. The van der Waals surface area contributed by atoms with Gasteiger partial charge in [0.25, 0.3) is 0 Å². The Kier molecular flexibility index (Phi) is 7.04. The summed E-state index contributed by atoms with van der Waals surface area (Å²) in [5, 5.41) is 10.3. The number of hydrogen-bond acceptors (Lipinski definition) is 3. The SMILES string of the molecule is CCC(CSC)N(C)CC1C(C)CC(C)CC1O. The lowest BCUT2D eigenvalue weighted by Crippen LogP contribution is -2.45. The van der Waals surface area contributed by atoms with Gasteiger partial charge in [0, 0.05) is 24.3 Å². The van der Waals surface area contributed by atoms with Crippen LogP contribution in [0.4, 0.5) is 0 Å². The highest BCUT2D eigenvalue weighted by Crippen LogP contribution is 2.34. The predicted molar refractivity (Wildman–Crippen MR) is 82.1 cm³/mol. The van der Waals surface area contributed by atoms with Gasteiger partial charge in [-0.25, -0.2) is 0 Å². The van der Waals surface area contributed by atoms with Crippen molar-refractivity contribution in [3.8, 4) is 0 Å². The van der Waals surface area contributed by atoms with Gasteiger partial charge in [-0.3, -0.25) is 0 Å². The summed E-state index contributed by atoms with van der Waals surface area (Å²) in [7, 11) is 2.22. The lowest BCUT2D eigenvalue weighted by Gasteiger charge is -2.40. The molecule has 0 aromatic rings. The van der Waals surface area contributed by atoms with Gasteiger partial charge in [0.05, 0.1) is 6.10 Å². The summed E-state index contributed by atoms with van der Waals surface area (Å²) in [5.74, 6) is 2.99. The molecule has 1 saturated carbocycles. The number of rotatable bonds is 6. The van der Waals surface area contributed by atoms with E-state index >= 15 is 0 Å². The van der Waals surface area contributed by atoms with Crippen LogP contribution in [0.3, 0.4) is 0 Å². The maximum atomic E-state index is 10.3. The van der Waals surface area contributed by atoms with Gasteiger partial charge in [0.15, 0.2) is 0 Å². The quantitative estimate of drug-likeness (QED) is 0.804. The van der Waals surface area contributed by atoms with E-state index in [2.05, 4.69) is 39.0 Å². The van der Waals surface area contributed by atoms with Crippen LogP contribution in [0.1, 0.15) is 40.0 Å². The van der Waals surface area contributed by atoms with E-state index in [4.69, 9.17) is 0 Å². The third-order valence-electron chi connectivity index (χ3n) is 4.60. The predicted octanol–water partition coefficient (Wildman–Crippen LogP) is 3.10. The molecular formula is C15H31NOS. The van der Waals surface area contributed by atoms with E-state index in [9.17, 15) is 5.11 Å². The highest BCUT2D eigenvalue weighted by atomic mass is 32.2. The van der Waals surface area contributed by atoms with Gasteiger partial charge < -0.3 is 10.0 Å². The molecule has 1 N–H and O–H groups in total. The maximum Gasteiger partial charge on any atom is 0.0585 e. The van der Waals surface area contributed by atoms with Crippen molar-refractivity contribution in [1.29, 1.82) is 0 Å². The lowest BCUT2D eigenvalue weighted by molar-refractivity contribution is -0.00304. The van der Waals surface area contributed by atoms with Gasteiger partial charge in [0.1, 0.15) is 0 Å². The summed E-state index contributed by atoms with van der Waals surface area (Å²) in [6.45, 7) is 7.89. The summed E-state index contributed by atoms with van der Waals surface area (Å²) in [6.07, 6.45) is 5.54. The Morgan fingerprint density at radius 1 is 1.33 bits per heavy atom. The Morgan fingerprint density at radius 3 is 2.50 bits per heavy atom. The second-order valence-corrected chi connectivity index (χ2v) is 7.15. The van der Waals surface area contributed by atoms with Crippen molar-refractivity contribution in [3.05, 3.63) is 0 Å². The molecule has 1 aliphatic carbocycles. The minimum absolute atomic E-state index is 0.0991. The van der Waals surface area contributed by atoms with Crippen molar-refractivity contribution in [3.63, 3.8) is 0 Å². The van der Waals surface area contributed by atoms with Gasteiger partial charge >= 0.3 is 0 Å². The third kappa shape index (κ3) is 4.43. The molecular weight excluding hydrogens is 242 g/mol. The molecule has 5 unspecified atom stereocenters. The Morgan fingerprint density at radius 2 is 2.00 bits per heavy atom. The molecule has 0 amide bonds. The Bertz CT molecular complexity index is 225. The molecule has 1 fully saturated rings. The van der Waals surface area contributed by atoms with Gasteiger partial charge in [-0.2, -0.15) is 11.8 Å². The molecule has 3 heteroatoms. The van der Waals surface area contributed by atoms with E-state index < -0.39 is 0 Å². The van der Waals surface area contributed by atoms with Crippen LogP contribution < -0.4 is 0 Å². The average Bonchev–Trinajstić information content (AvgIpc) is 2.30. The summed E-state index contributed by atoms with van der Waals surface area (Å²) in [5.41, 5.74) is 0.